The molecule has 1 atom stereocenters. The lowest BCUT2D eigenvalue weighted by molar-refractivity contribution is -0.126. The Morgan fingerprint density at radius 1 is 1.15 bits per heavy atom. The zero-order chi connectivity index (χ0) is 19.4. The number of benzene rings is 2. The summed E-state index contributed by atoms with van der Waals surface area (Å²) in [6.45, 7) is 0.199. The summed E-state index contributed by atoms with van der Waals surface area (Å²) >= 11 is 0. The molecule has 1 heterocycles. The molecule has 1 saturated heterocycles. The molecule has 8 heteroatoms. The summed E-state index contributed by atoms with van der Waals surface area (Å²) in [4.78, 5) is 38.1. The third-order valence-electron chi connectivity index (χ3n) is 4.31. The lowest BCUT2D eigenvalue weighted by Crippen LogP contribution is -2.45. The van der Waals surface area contributed by atoms with Crippen molar-refractivity contribution in [1.82, 2.24) is 10.9 Å². The number of aromatic hydroxyl groups is 1. The van der Waals surface area contributed by atoms with Gasteiger partial charge < -0.3 is 14.7 Å². The first-order chi connectivity index (χ1) is 13.0. The number of anilines is 1. The van der Waals surface area contributed by atoms with Crippen molar-refractivity contribution in [3.05, 3.63) is 54.1 Å². The van der Waals surface area contributed by atoms with Crippen LogP contribution in [0.5, 0.6) is 11.5 Å². The maximum atomic E-state index is 12.3. The number of carbonyl (C=O) groups is 3. The van der Waals surface area contributed by atoms with Gasteiger partial charge in [-0.3, -0.25) is 25.2 Å². The van der Waals surface area contributed by atoms with Crippen LogP contribution in [0, 0.1) is 5.92 Å². The van der Waals surface area contributed by atoms with Gasteiger partial charge in [-0.2, -0.15) is 0 Å². The first-order valence-corrected chi connectivity index (χ1v) is 8.32. The largest absolute Gasteiger partial charge is 0.507 e. The second kappa shape index (κ2) is 7.77. The van der Waals surface area contributed by atoms with Gasteiger partial charge in [0.05, 0.1) is 18.6 Å². The number of phenols is 1. The Hall–Kier alpha value is -3.55. The molecular weight excluding hydrogens is 350 g/mol. The number of nitrogens with one attached hydrogen (secondary N) is 2. The van der Waals surface area contributed by atoms with E-state index in [1.54, 1.807) is 36.4 Å². The van der Waals surface area contributed by atoms with E-state index in [0.29, 0.717) is 11.4 Å². The summed E-state index contributed by atoms with van der Waals surface area (Å²) < 4.78 is 5.16. The van der Waals surface area contributed by atoms with Crippen molar-refractivity contribution in [2.24, 2.45) is 5.92 Å². The standard InChI is InChI=1S/C19H19N3O5/c1-27-14-6-4-5-13(10-14)22-11-12(9-17(22)24)18(25)20-21-19(26)15-7-2-3-8-16(15)23/h2-8,10,12,23H,9,11H2,1H3,(H,20,25)(H,21,26). The van der Waals surface area contributed by atoms with Gasteiger partial charge in [-0.15, -0.1) is 0 Å². The van der Waals surface area contributed by atoms with Gasteiger partial charge in [-0.25, -0.2) is 0 Å². The fourth-order valence-corrected chi connectivity index (χ4v) is 2.86. The number of hydrazine groups is 1. The summed E-state index contributed by atoms with van der Waals surface area (Å²) in [6.07, 6.45) is 0.0372. The van der Waals surface area contributed by atoms with Crippen molar-refractivity contribution in [2.75, 3.05) is 18.6 Å². The highest BCUT2D eigenvalue weighted by atomic mass is 16.5. The van der Waals surface area contributed by atoms with Gasteiger partial charge in [-0.1, -0.05) is 18.2 Å². The SMILES string of the molecule is COc1cccc(N2CC(C(=O)NNC(=O)c3ccccc3O)CC2=O)c1. The number of methoxy groups -OCH3 is 1. The summed E-state index contributed by atoms with van der Waals surface area (Å²) in [5, 5.41) is 9.66. The molecule has 0 radical (unpaired) electrons. The van der Waals surface area contributed by atoms with Gasteiger partial charge in [0.1, 0.15) is 11.5 Å². The van der Waals surface area contributed by atoms with Gasteiger partial charge in [0.2, 0.25) is 11.8 Å². The monoisotopic (exact) mass is 369 g/mol. The third kappa shape index (κ3) is 4.00. The van der Waals surface area contributed by atoms with Crippen molar-refractivity contribution in [1.29, 1.82) is 0 Å². The van der Waals surface area contributed by atoms with Crippen molar-refractivity contribution in [3.8, 4) is 11.5 Å². The third-order valence-corrected chi connectivity index (χ3v) is 4.31. The van der Waals surface area contributed by atoms with Crippen LogP contribution in [-0.2, 0) is 9.59 Å². The minimum Gasteiger partial charge on any atom is -0.507 e. The maximum absolute atomic E-state index is 12.3. The van der Waals surface area contributed by atoms with Gasteiger partial charge in [-0.05, 0) is 24.3 Å². The molecule has 2 aromatic carbocycles. The molecular formula is C19H19N3O5. The van der Waals surface area contributed by atoms with Crippen molar-refractivity contribution < 1.29 is 24.2 Å². The molecule has 1 aliphatic rings. The van der Waals surface area contributed by atoms with E-state index in [-0.39, 0.29) is 30.2 Å². The second-order valence-corrected chi connectivity index (χ2v) is 6.07. The molecule has 3 N–H and O–H groups in total. The molecule has 140 valence electrons. The molecule has 1 aliphatic heterocycles. The minimum absolute atomic E-state index is 0.0372. The molecule has 3 amide bonds. The van der Waals surface area contributed by atoms with Crippen LogP contribution in [0.15, 0.2) is 48.5 Å². The number of nitrogens with zero attached hydrogens (tertiary/aromatic N) is 1. The number of carbonyl (C=O) groups excluding carboxylic acids is 3. The van der Waals surface area contributed by atoms with Crippen LogP contribution in [-0.4, -0.2) is 36.5 Å². The van der Waals surface area contributed by atoms with E-state index in [9.17, 15) is 19.5 Å². The van der Waals surface area contributed by atoms with E-state index in [2.05, 4.69) is 10.9 Å². The first kappa shape index (κ1) is 18.2. The maximum Gasteiger partial charge on any atom is 0.273 e. The van der Waals surface area contributed by atoms with Crippen molar-refractivity contribution in [2.45, 2.75) is 6.42 Å². The average Bonchev–Trinajstić information content (AvgIpc) is 3.08. The van der Waals surface area contributed by atoms with Crippen LogP contribution >= 0.6 is 0 Å². The summed E-state index contributed by atoms with van der Waals surface area (Å²) in [6, 6.07) is 13.0. The van der Waals surface area contributed by atoms with E-state index >= 15 is 0 Å². The normalized spacial score (nSPS) is 16.1. The summed E-state index contributed by atoms with van der Waals surface area (Å²) in [7, 11) is 1.54. The summed E-state index contributed by atoms with van der Waals surface area (Å²) in [5.74, 6) is -1.48. The Morgan fingerprint density at radius 2 is 1.93 bits per heavy atom. The quantitative estimate of drug-likeness (QED) is 0.702. The first-order valence-electron chi connectivity index (χ1n) is 8.32. The fraction of sp³-hybridized carbons (Fsp3) is 0.211. The van der Waals surface area contributed by atoms with Crippen LogP contribution in [0.1, 0.15) is 16.8 Å². The average molecular weight is 369 g/mol. The lowest BCUT2D eigenvalue weighted by atomic mass is 10.1. The number of para-hydroxylation sites is 1. The van der Waals surface area contributed by atoms with E-state index < -0.39 is 17.7 Å². The number of amides is 3. The van der Waals surface area contributed by atoms with E-state index in [1.807, 2.05) is 0 Å². The lowest BCUT2D eigenvalue weighted by Gasteiger charge is -2.17. The number of rotatable bonds is 4. The molecule has 8 nitrogen and oxygen atoms in total. The number of phenolic OH excluding ortho intramolecular Hbond substituents is 1. The highest BCUT2D eigenvalue weighted by Crippen LogP contribution is 2.27. The Bertz CT molecular complexity index is 883. The van der Waals surface area contributed by atoms with Crippen LogP contribution in [0.4, 0.5) is 5.69 Å². The molecule has 0 bridgehead atoms. The van der Waals surface area contributed by atoms with Crippen LogP contribution < -0.4 is 20.5 Å². The van der Waals surface area contributed by atoms with Crippen LogP contribution in [0.2, 0.25) is 0 Å². The Morgan fingerprint density at radius 3 is 2.67 bits per heavy atom. The summed E-state index contributed by atoms with van der Waals surface area (Å²) in [5.41, 5.74) is 5.25. The Balaban J connectivity index is 1.60. The molecule has 2 aromatic rings. The molecule has 0 aliphatic carbocycles. The van der Waals surface area contributed by atoms with Gasteiger partial charge >= 0.3 is 0 Å². The molecule has 0 saturated carbocycles. The predicted molar refractivity (Wildman–Crippen MR) is 97.2 cm³/mol. The zero-order valence-corrected chi connectivity index (χ0v) is 14.6. The molecule has 0 spiro atoms. The molecule has 1 unspecified atom stereocenters. The second-order valence-electron chi connectivity index (χ2n) is 6.07. The van der Waals surface area contributed by atoms with E-state index in [4.69, 9.17) is 4.74 Å². The smallest absolute Gasteiger partial charge is 0.273 e. The fourth-order valence-electron chi connectivity index (χ4n) is 2.86. The zero-order valence-electron chi connectivity index (χ0n) is 14.6. The van der Waals surface area contributed by atoms with Gasteiger partial charge in [0.15, 0.2) is 0 Å². The number of hydrogen-bond acceptors (Lipinski definition) is 5. The minimum atomic E-state index is -0.643. The Labute approximate surface area is 155 Å². The highest BCUT2D eigenvalue weighted by Gasteiger charge is 2.35. The van der Waals surface area contributed by atoms with Gasteiger partial charge in [0.25, 0.3) is 5.91 Å². The van der Waals surface area contributed by atoms with Crippen molar-refractivity contribution >= 4 is 23.4 Å². The predicted octanol–water partition coefficient (Wildman–Crippen LogP) is 1.21. The Kier molecular flexibility index (Phi) is 5.25. The molecule has 0 aromatic heterocycles. The molecule has 27 heavy (non-hydrogen) atoms. The molecule has 1 fully saturated rings. The number of ether oxygens (including phenoxy) is 1. The number of hydrogen-bond donors (Lipinski definition) is 3. The van der Waals surface area contributed by atoms with Gasteiger partial charge in [0, 0.05) is 24.7 Å². The topological polar surface area (TPSA) is 108 Å². The van der Waals surface area contributed by atoms with Crippen LogP contribution in [0.25, 0.3) is 0 Å². The van der Waals surface area contributed by atoms with Crippen LogP contribution in [0.3, 0.4) is 0 Å². The van der Waals surface area contributed by atoms with E-state index in [1.165, 1.54) is 24.1 Å². The van der Waals surface area contributed by atoms with Crippen molar-refractivity contribution in [3.63, 3.8) is 0 Å². The highest BCUT2D eigenvalue weighted by molar-refractivity contribution is 6.01. The molecule has 3 rings (SSSR count). The van der Waals surface area contributed by atoms with E-state index in [0.717, 1.165) is 0 Å².